The highest BCUT2D eigenvalue weighted by Crippen LogP contribution is 2.17. The Balaban J connectivity index is 2.15. The number of nitrogens with one attached hydrogen (secondary N) is 2. The predicted molar refractivity (Wildman–Crippen MR) is 99.4 cm³/mol. The standard InChI is InChI=1S/C17H20F2N4O3S/c1-10(16-11(2)23-27-16)21-26-9-12-6-4-5-7-13(12)15(22-25-3)17(24)20-8-14(18)19/h4-7,14,23H,8-9H2,1-3H3,(H,20,24)/b21-10+,22-15+. The molecule has 0 bridgehead atoms. The third-order valence-corrected chi connectivity index (χ3v) is 4.70. The van der Waals surface area contributed by atoms with Crippen LogP contribution in [0.1, 0.15) is 28.6 Å². The van der Waals surface area contributed by atoms with Crippen LogP contribution in [-0.4, -0.2) is 41.8 Å². The third kappa shape index (κ3) is 5.61. The van der Waals surface area contributed by atoms with Gasteiger partial charge in [-0.25, -0.2) is 8.78 Å². The molecule has 1 heterocycles. The van der Waals surface area contributed by atoms with E-state index in [1.165, 1.54) is 18.6 Å². The van der Waals surface area contributed by atoms with Crippen molar-refractivity contribution in [2.45, 2.75) is 26.9 Å². The molecule has 0 atom stereocenters. The van der Waals surface area contributed by atoms with E-state index in [-0.39, 0.29) is 12.3 Å². The number of benzene rings is 1. The van der Waals surface area contributed by atoms with E-state index in [0.717, 1.165) is 16.3 Å². The minimum atomic E-state index is -2.66. The Kier molecular flexibility index (Phi) is 7.47. The van der Waals surface area contributed by atoms with Crippen molar-refractivity contribution in [3.63, 3.8) is 0 Å². The summed E-state index contributed by atoms with van der Waals surface area (Å²) in [6, 6.07) is 6.83. The minimum Gasteiger partial charge on any atom is -0.398 e. The molecule has 27 heavy (non-hydrogen) atoms. The molecule has 1 amide bonds. The number of carbonyl (C=O) groups excluding carboxylic acids is 1. The van der Waals surface area contributed by atoms with E-state index in [0.29, 0.717) is 11.1 Å². The number of amides is 1. The topological polar surface area (TPSA) is 88.1 Å². The van der Waals surface area contributed by atoms with Gasteiger partial charge in [0.05, 0.1) is 17.1 Å². The van der Waals surface area contributed by atoms with Crippen LogP contribution in [0.15, 0.2) is 34.6 Å². The highest BCUT2D eigenvalue weighted by molar-refractivity contribution is 7.09. The van der Waals surface area contributed by atoms with Gasteiger partial charge < -0.3 is 19.4 Å². The van der Waals surface area contributed by atoms with Crippen LogP contribution in [0.25, 0.3) is 0 Å². The molecule has 2 N–H and O–H groups in total. The second-order valence-corrected chi connectivity index (χ2v) is 6.31. The monoisotopic (exact) mass is 398 g/mol. The first-order chi connectivity index (χ1) is 12.9. The zero-order chi connectivity index (χ0) is 19.8. The lowest BCUT2D eigenvalue weighted by atomic mass is 10.0. The van der Waals surface area contributed by atoms with E-state index in [9.17, 15) is 13.6 Å². The summed E-state index contributed by atoms with van der Waals surface area (Å²) in [5.41, 5.74) is 2.66. The molecule has 0 aliphatic heterocycles. The van der Waals surface area contributed by atoms with Crippen molar-refractivity contribution in [2.24, 2.45) is 10.3 Å². The van der Waals surface area contributed by atoms with Crippen molar-refractivity contribution in [3.8, 4) is 0 Å². The number of nitrogens with zero attached hydrogens (tertiary/aromatic N) is 2. The van der Waals surface area contributed by atoms with Crippen molar-refractivity contribution >= 4 is 28.9 Å². The Labute approximate surface area is 159 Å². The molecule has 7 nitrogen and oxygen atoms in total. The van der Waals surface area contributed by atoms with Crippen molar-refractivity contribution in [2.75, 3.05) is 13.7 Å². The largest absolute Gasteiger partial charge is 0.398 e. The number of carbonyl (C=O) groups is 1. The first kappa shape index (κ1) is 20.6. The smallest absolute Gasteiger partial charge is 0.274 e. The van der Waals surface area contributed by atoms with Gasteiger partial charge in [0.15, 0.2) is 5.71 Å². The van der Waals surface area contributed by atoms with Gasteiger partial charge in [-0.2, -0.15) is 0 Å². The lowest BCUT2D eigenvalue weighted by molar-refractivity contribution is -0.115. The lowest BCUT2D eigenvalue weighted by Gasteiger charge is -2.12. The molecule has 0 spiro atoms. The molecular formula is C17H20F2N4O3S. The van der Waals surface area contributed by atoms with Crippen LogP contribution in [0.3, 0.4) is 0 Å². The number of hydrogen-bond acceptors (Lipinski definition) is 6. The summed E-state index contributed by atoms with van der Waals surface area (Å²) in [5.74, 6) is -0.762. The van der Waals surface area contributed by atoms with Crippen LogP contribution in [0.5, 0.6) is 0 Å². The minimum absolute atomic E-state index is 0.0722. The SMILES string of the molecule is CO/N=C(/C(=O)NCC(F)F)c1ccccc1CO/N=C(\C)c1s[nH]c1C. The fraction of sp³-hybridized carbons (Fsp3) is 0.353. The summed E-state index contributed by atoms with van der Waals surface area (Å²) in [6.07, 6.45) is -2.66. The number of alkyl halides is 2. The number of aromatic amines is 1. The van der Waals surface area contributed by atoms with Gasteiger partial charge in [-0.05, 0) is 13.8 Å². The molecule has 146 valence electrons. The summed E-state index contributed by atoms with van der Waals surface area (Å²) < 4.78 is 27.8. The Hall–Kier alpha value is -2.75. The molecule has 1 aromatic carbocycles. The second kappa shape index (κ2) is 9.81. The van der Waals surface area contributed by atoms with Gasteiger partial charge >= 0.3 is 0 Å². The van der Waals surface area contributed by atoms with Crippen LogP contribution >= 0.6 is 11.5 Å². The lowest BCUT2D eigenvalue weighted by Crippen LogP contribution is -2.35. The van der Waals surface area contributed by atoms with Crippen molar-refractivity contribution < 1.29 is 23.3 Å². The molecule has 1 aromatic heterocycles. The van der Waals surface area contributed by atoms with Gasteiger partial charge in [-0.1, -0.05) is 46.1 Å². The molecule has 0 unspecified atom stereocenters. The Morgan fingerprint density at radius 2 is 2.07 bits per heavy atom. The van der Waals surface area contributed by atoms with Gasteiger partial charge in [0.2, 0.25) is 0 Å². The van der Waals surface area contributed by atoms with E-state index in [2.05, 4.69) is 20.0 Å². The fourth-order valence-electron chi connectivity index (χ4n) is 2.22. The van der Waals surface area contributed by atoms with Gasteiger partial charge in [-0.15, -0.1) is 0 Å². The summed E-state index contributed by atoms with van der Waals surface area (Å²) in [5, 5.41) is 9.87. The van der Waals surface area contributed by atoms with Crippen molar-refractivity contribution in [3.05, 3.63) is 46.0 Å². The number of halogens is 2. The maximum absolute atomic E-state index is 12.4. The number of oxime groups is 2. The third-order valence-electron chi connectivity index (χ3n) is 3.48. The van der Waals surface area contributed by atoms with Gasteiger partial charge in [-0.3, -0.25) is 4.79 Å². The first-order valence-electron chi connectivity index (χ1n) is 8.00. The van der Waals surface area contributed by atoms with E-state index in [4.69, 9.17) is 9.68 Å². The molecule has 0 aliphatic rings. The summed E-state index contributed by atoms with van der Waals surface area (Å²) in [6.45, 7) is 3.06. The molecule has 0 saturated heterocycles. The average molecular weight is 398 g/mol. The highest BCUT2D eigenvalue weighted by atomic mass is 32.1. The number of aromatic nitrogens is 1. The second-order valence-electron chi connectivity index (χ2n) is 5.49. The van der Waals surface area contributed by atoms with Crippen LogP contribution in [-0.2, 0) is 21.1 Å². The Morgan fingerprint density at radius 1 is 1.33 bits per heavy atom. The van der Waals surface area contributed by atoms with Crippen molar-refractivity contribution in [1.29, 1.82) is 0 Å². The van der Waals surface area contributed by atoms with Gasteiger partial charge in [0.25, 0.3) is 12.3 Å². The number of H-pyrrole nitrogens is 1. The van der Waals surface area contributed by atoms with E-state index in [1.807, 2.05) is 13.8 Å². The maximum atomic E-state index is 12.4. The molecular weight excluding hydrogens is 378 g/mol. The van der Waals surface area contributed by atoms with Crippen LogP contribution < -0.4 is 5.32 Å². The van der Waals surface area contributed by atoms with E-state index in [1.54, 1.807) is 24.3 Å². The molecule has 0 fully saturated rings. The quantitative estimate of drug-likeness (QED) is 0.503. The summed E-state index contributed by atoms with van der Waals surface area (Å²) >= 11 is 1.46. The Morgan fingerprint density at radius 3 is 2.67 bits per heavy atom. The molecule has 0 radical (unpaired) electrons. The zero-order valence-corrected chi connectivity index (χ0v) is 15.9. The molecule has 2 rings (SSSR count). The fourth-order valence-corrected chi connectivity index (χ4v) is 2.82. The molecule has 2 aromatic rings. The number of aryl methyl sites for hydroxylation is 1. The highest BCUT2D eigenvalue weighted by Gasteiger charge is 2.19. The number of hydrogen-bond donors (Lipinski definition) is 2. The maximum Gasteiger partial charge on any atom is 0.274 e. The predicted octanol–water partition coefficient (Wildman–Crippen LogP) is 3.06. The zero-order valence-electron chi connectivity index (χ0n) is 15.1. The molecule has 0 aliphatic carbocycles. The van der Waals surface area contributed by atoms with Crippen LogP contribution in [0, 0.1) is 6.92 Å². The number of rotatable bonds is 9. The summed E-state index contributed by atoms with van der Waals surface area (Å²) in [7, 11) is 1.27. The Bertz CT molecular complexity index is 830. The van der Waals surface area contributed by atoms with Crippen molar-refractivity contribution in [1.82, 2.24) is 9.69 Å². The first-order valence-corrected chi connectivity index (χ1v) is 8.82. The van der Waals surface area contributed by atoms with Gasteiger partial charge in [0.1, 0.15) is 13.7 Å². The molecule has 0 saturated carbocycles. The van der Waals surface area contributed by atoms with E-state index >= 15 is 0 Å². The van der Waals surface area contributed by atoms with E-state index < -0.39 is 18.9 Å². The summed E-state index contributed by atoms with van der Waals surface area (Å²) in [4.78, 5) is 23.3. The molecule has 10 heteroatoms. The van der Waals surface area contributed by atoms with Crippen LogP contribution in [0.2, 0.25) is 0 Å². The average Bonchev–Trinajstić information content (AvgIpc) is 2.63. The normalized spacial score (nSPS) is 12.4. The van der Waals surface area contributed by atoms with Gasteiger partial charge in [0, 0.05) is 16.8 Å². The van der Waals surface area contributed by atoms with Crippen LogP contribution in [0.4, 0.5) is 8.78 Å².